The van der Waals surface area contributed by atoms with Gasteiger partial charge in [-0.15, -0.1) is 0 Å². The SMILES string of the molecule is CCCNC(CCC(C)(C)C)CC1CC1. The summed E-state index contributed by atoms with van der Waals surface area (Å²) in [6, 6.07) is 0.789. The highest BCUT2D eigenvalue weighted by molar-refractivity contribution is 4.81. The third-order valence-electron chi connectivity index (χ3n) is 3.24. The summed E-state index contributed by atoms with van der Waals surface area (Å²) in [5, 5.41) is 3.71. The molecule has 0 spiro atoms. The van der Waals surface area contributed by atoms with Gasteiger partial charge < -0.3 is 5.32 Å². The van der Waals surface area contributed by atoms with Gasteiger partial charge in [0.05, 0.1) is 0 Å². The highest BCUT2D eigenvalue weighted by Gasteiger charge is 2.25. The lowest BCUT2D eigenvalue weighted by molar-refractivity contribution is 0.317. The quantitative estimate of drug-likeness (QED) is 0.671. The smallest absolute Gasteiger partial charge is 0.00698 e. The fourth-order valence-corrected chi connectivity index (χ4v) is 2.01. The second-order valence-electron chi connectivity index (χ2n) is 6.43. The molecule has 0 amide bonds. The topological polar surface area (TPSA) is 12.0 Å². The third-order valence-corrected chi connectivity index (χ3v) is 3.24. The van der Waals surface area contributed by atoms with Crippen molar-refractivity contribution in [2.45, 2.75) is 72.3 Å². The van der Waals surface area contributed by atoms with Crippen molar-refractivity contribution in [1.29, 1.82) is 0 Å². The Morgan fingerprint density at radius 3 is 2.40 bits per heavy atom. The molecule has 0 bridgehead atoms. The maximum atomic E-state index is 3.71. The minimum Gasteiger partial charge on any atom is -0.314 e. The normalized spacial score (nSPS) is 19.2. The summed E-state index contributed by atoms with van der Waals surface area (Å²) in [4.78, 5) is 0. The van der Waals surface area contributed by atoms with Crippen molar-refractivity contribution in [3.63, 3.8) is 0 Å². The van der Waals surface area contributed by atoms with Crippen LogP contribution < -0.4 is 5.32 Å². The molecule has 0 aromatic rings. The van der Waals surface area contributed by atoms with Crippen LogP contribution in [0.25, 0.3) is 0 Å². The minimum atomic E-state index is 0.496. The molecule has 0 aromatic carbocycles. The lowest BCUT2D eigenvalue weighted by atomic mass is 9.87. The van der Waals surface area contributed by atoms with Gasteiger partial charge in [-0.1, -0.05) is 40.5 Å². The first-order chi connectivity index (χ1) is 7.01. The molecule has 0 heterocycles. The Bertz CT molecular complexity index is 165. The predicted molar refractivity (Wildman–Crippen MR) is 68.1 cm³/mol. The molecular formula is C14H29N. The molecule has 0 aromatic heterocycles. The molecule has 0 saturated heterocycles. The molecule has 90 valence electrons. The van der Waals surface area contributed by atoms with Gasteiger partial charge in [0.2, 0.25) is 0 Å². The summed E-state index contributed by atoms with van der Waals surface area (Å²) in [6.45, 7) is 10.5. The zero-order valence-electron chi connectivity index (χ0n) is 11.1. The maximum absolute atomic E-state index is 3.71. The van der Waals surface area contributed by atoms with Gasteiger partial charge in [-0.3, -0.25) is 0 Å². The summed E-state index contributed by atoms with van der Waals surface area (Å²) in [7, 11) is 0. The third kappa shape index (κ3) is 6.94. The Morgan fingerprint density at radius 2 is 1.93 bits per heavy atom. The van der Waals surface area contributed by atoms with E-state index in [0.717, 1.165) is 12.0 Å². The van der Waals surface area contributed by atoms with Crippen LogP contribution in [-0.4, -0.2) is 12.6 Å². The van der Waals surface area contributed by atoms with Crippen LogP contribution in [-0.2, 0) is 0 Å². The van der Waals surface area contributed by atoms with E-state index in [4.69, 9.17) is 0 Å². The molecule has 1 nitrogen and oxygen atoms in total. The molecule has 0 radical (unpaired) electrons. The molecule has 0 aliphatic heterocycles. The highest BCUT2D eigenvalue weighted by Crippen LogP contribution is 2.35. The van der Waals surface area contributed by atoms with E-state index in [0.29, 0.717) is 5.41 Å². The largest absolute Gasteiger partial charge is 0.314 e. The Labute approximate surface area is 96.0 Å². The van der Waals surface area contributed by atoms with Gasteiger partial charge in [0.25, 0.3) is 0 Å². The van der Waals surface area contributed by atoms with Gasteiger partial charge in [0.1, 0.15) is 0 Å². The number of nitrogens with one attached hydrogen (secondary N) is 1. The van der Waals surface area contributed by atoms with Crippen molar-refractivity contribution in [1.82, 2.24) is 5.32 Å². The summed E-state index contributed by atoms with van der Waals surface area (Å²) < 4.78 is 0. The summed E-state index contributed by atoms with van der Waals surface area (Å²) in [6.07, 6.45) is 8.37. The second-order valence-corrected chi connectivity index (χ2v) is 6.43. The monoisotopic (exact) mass is 211 g/mol. The molecule has 1 rings (SSSR count). The number of hydrogen-bond donors (Lipinski definition) is 1. The fourth-order valence-electron chi connectivity index (χ4n) is 2.01. The van der Waals surface area contributed by atoms with Gasteiger partial charge >= 0.3 is 0 Å². The lowest BCUT2D eigenvalue weighted by Crippen LogP contribution is -2.31. The Kier molecular flexibility index (Phi) is 5.11. The van der Waals surface area contributed by atoms with E-state index in [1.165, 1.54) is 45.1 Å². The van der Waals surface area contributed by atoms with E-state index in [1.54, 1.807) is 0 Å². The molecule has 1 aliphatic carbocycles. The van der Waals surface area contributed by atoms with Crippen molar-refractivity contribution in [3.05, 3.63) is 0 Å². The summed E-state index contributed by atoms with van der Waals surface area (Å²) >= 11 is 0. The maximum Gasteiger partial charge on any atom is 0.00698 e. The average molecular weight is 211 g/mol. The predicted octanol–water partition coefficient (Wildman–Crippen LogP) is 3.98. The van der Waals surface area contributed by atoms with Crippen LogP contribution in [0.3, 0.4) is 0 Å². The second kappa shape index (κ2) is 5.89. The zero-order chi connectivity index (χ0) is 11.3. The van der Waals surface area contributed by atoms with E-state index in [-0.39, 0.29) is 0 Å². The molecule has 1 atom stereocenters. The number of hydrogen-bond acceptors (Lipinski definition) is 1. The van der Waals surface area contributed by atoms with Gasteiger partial charge in [-0.25, -0.2) is 0 Å². The molecule has 1 aliphatic rings. The van der Waals surface area contributed by atoms with Crippen LogP contribution in [0, 0.1) is 11.3 Å². The van der Waals surface area contributed by atoms with Crippen LogP contribution in [0.1, 0.15) is 66.2 Å². The van der Waals surface area contributed by atoms with Crippen molar-refractivity contribution < 1.29 is 0 Å². The Balaban J connectivity index is 2.20. The van der Waals surface area contributed by atoms with E-state index in [9.17, 15) is 0 Å². The molecule has 1 heteroatoms. The first kappa shape index (κ1) is 13.0. The van der Waals surface area contributed by atoms with Crippen LogP contribution in [0.2, 0.25) is 0 Å². The molecule has 15 heavy (non-hydrogen) atoms. The fraction of sp³-hybridized carbons (Fsp3) is 1.00. The van der Waals surface area contributed by atoms with Crippen LogP contribution in [0.15, 0.2) is 0 Å². The van der Waals surface area contributed by atoms with Gasteiger partial charge in [0, 0.05) is 6.04 Å². The molecule has 1 saturated carbocycles. The van der Waals surface area contributed by atoms with E-state index in [2.05, 4.69) is 33.0 Å². The van der Waals surface area contributed by atoms with Crippen molar-refractivity contribution in [3.8, 4) is 0 Å². The van der Waals surface area contributed by atoms with Crippen LogP contribution in [0.5, 0.6) is 0 Å². The van der Waals surface area contributed by atoms with E-state index < -0.39 is 0 Å². The number of rotatable bonds is 7. The van der Waals surface area contributed by atoms with Crippen molar-refractivity contribution in [2.24, 2.45) is 11.3 Å². The first-order valence-corrected chi connectivity index (χ1v) is 6.74. The van der Waals surface area contributed by atoms with Gasteiger partial charge in [-0.05, 0) is 43.6 Å². The molecule has 1 unspecified atom stereocenters. The van der Waals surface area contributed by atoms with Crippen molar-refractivity contribution in [2.75, 3.05) is 6.54 Å². The highest BCUT2D eigenvalue weighted by atomic mass is 14.9. The standard InChI is InChI=1S/C14H29N/c1-5-10-15-13(11-12-6-7-12)8-9-14(2,3)4/h12-13,15H,5-11H2,1-4H3. The minimum absolute atomic E-state index is 0.496. The Morgan fingerprint density at radius 1 is 1.27 bits per heavy atom. The zero-order valence-corrected chi connectivity index (χ0v) is 11.1. The van der Waals surface area contributed by atoms with Crippen LogP contribution in [0.4, 0.5) is 0 Å². The summed E-state index contributed by atoms with van der Waals surface area (Å²) in [5.74, 6) is 1.05. The summed E-state index contributed by atoms with van der Waals surface area (Å²) in [5.41, 5.74) is 0.496. The van der Waals surface area contributed by atoms with E-state index >= 15 is 0 Å². The van der Waals surface area contributed by atoms with Gasteiger partial charge in [0.15, 0.2) is 0 Å². The van der Waals surface area contributed by atoms with Crippen LogP contribution >= 0.6 is 0 Å². The van der Waals surface area contributed by atoms with Gasteiger partial charge in [-0.2, -0.15) is 0 Å². The Hall–Kier alpha value is -0.0400. The average Bonchev–Trinajstić information content (AvgIpc) is 2.92. The molecular weight excluding hydrogens is 182 g/mol. The molecule has 1 N–H and O–H groups in total. The first-order valence-electron chi connectivity index (χ1n) is 6.74. The molecule has 1 fully saturated rings. The van der Waals surface area contributed by atoms with Crippen molar-refractivity contribution >= 4 is 0 Å². The lowest BCUT2D eigenvalue weighted by Gasteiger charge is -2.24. The van der Waals surface area contributed by atoms with E-state index in [1.807, 2.05) is 0 Å².